The zero-order valence-electron chi connectivity index (χ0n) is 9.69. The second-order valence-electron chi connectivity index (χ2n) is 3.93. The number of carbonyl (C=O) groups is 1. The molecule has 0 aliphatic rings. The molecule has 0 spiro atoms. The van der Waals surface area contributed by atoms with Gasteiger partial charge in [0.25, 0.3) is 5.91 Å². The quantitative estimate of drug-likeness (QED) is 0.667. The predicted molar refractivity (Wildman–Crippen MR) is 59.0 cm³/mol. The summed E-state index contributed by atoms with van der Waals surface area (Å²) in [6.07, 6.45) is 2.20. The van der Waals surface area contributed by atoms with Crippen molar-refractivity contribution >= 4 is 5.91 Å². The fourth-order valence-electron chi connectivity index (χ4n) is 1.10. The van der Waals surface area contributed by atoms with Gasteiger partial charge in [0.05, 0.1) is 6.20 Å². The van der Waals surface area contributed by atoms with Crippen LogP contribution in [0, 0.1) is 5.92 Å². The lowest BCUT2D eigenvalue weighted by atomic mass is 10.2. The first-order valence-corrected chi connectivity index (χ1v) is 5.42. The molecule has 1 heterocycles. The Labute approximate surface area is 94.8 Å². The smallest absolute Gasteiger partial charge is 0.273 e. The minimum Gasteiger partial charge on any atom is -0.381 e. The fourth-order valence-corrected chi connectivity index (χ4v) is 1.10. The predicted octanol–water partition coefficient (Wildman–Crippen LogP) is 0.597. The Morgan fingerprint density at radius 3 is 3.06 bits per heavy atom. The first kappa shape index (κ1) is 12.6. The molecule has 1 aromatic heterocycles. The van der Waals surface area contributed by atoms with Crippen LogP contribution >= 0.6 is 0 Å². The van der Waals surface area contributed by atoms with E-state index >= 15 is 0 Å². The highest BCUT2D eigenvalue weighted by Crippen LogP contribution is 1.93. The lowest BCUT2D eigenvalue weighted by molar-refractivity contribution is 0.0920. The summed E-state index contributed by atoms with van der Waals surface area (Å²) in [5, 5.41) is 12.4. The number of hydrogen-bond donors (Lipinski definition) is 2. The van der Waals surface area contributed by atoms with Gasteiger partial charge in [-0.3, -0.25) is 4.79 Å². The molecule has 90 valence electrons. The van der Waals surface area contributed by atoms with Crippen LogP contribution in [0.5, 0.6) is 0 Å². The van der Waals surface area contributed by atoms with Crippen LogP contribution in [0.25, 0.3) is 0 Å². The van der Waals surface area contributed by atoms with E-state index in [4.69, 9.17) is 4.74 Å². The molecule has 1 aromatic rings. The molecule has 0 saturated heterocycles. The summed E-state index contributed by atoms with van der Waals surface area (Å²) in [4.78, 5) is 11.4. The number of H-pyrrole nitrogens is 1. The molecule has 1 amide bonds. The molecule has 0 bridgehead atoms. The van der Waals surface area contributed by atoms with Gasteiger partial charge in [0, 0.05) is 19.8 Å². The van der Waals surface area contributed by atoms with Crippen LogP contribution < -0.4 is 5.32 Å². The molecule has 0 radical (unpaired) electrons. The van der Waals surface area contributed by atoms with Crippen molar-refractivity contribution in [1.29, 1.82) is 0 Å². The van der Waals surface area contributed by atoms with Crippen molar-refractivity contribution in [3.63, 3.8) is 0 Å². The Bertz CT molecular complexity index is 298. The van der Waals surface area contributed by atoms with Crippen LogP contribution in [0.15, 0.2) is 6.20 Å². The third-order valence-electron chi connectivity index (χ3n) is 1.85. The second-order valence-corrected chi connectivity index (χ2v) is 3.93. The van der Waals surface area contributed by atoms with Crippen LogP contribution in [-0.4, -0.2) is 41.1 Å². The summed E-state index contributed by atoms with van der Waals surface area (Å²) in [6, 6.07) is 0. The molecule has 1 rings (SSSR count). The summed E-state index contributed by atoms with van der Waals surface area (Å²) < 4.78 is 5.38. The minimum absolute atomic E-state index is 0.211. The number of ether oxygens (including phenoxy) is 1. The normalized spacial score (nSPS) is 10.7. The molecule has 0 saturated carbocycles. The third-order valence-corrected chi connectivity index (χ3v) is 1.85. The molecule has 0 aliphatic heterocycles. The van der Waals surface area contributed by atoms with Crippen molar-refractivity contribution < 1.29 is 9.53 Å². The lowest BCUT2D eigenvalue weighted by Gasteiger charge is -2.06. The van der Waals surface area contributed by atoms with Crippen molar-refractivity contribution in [1.82, 2.24) is 20.7 Å². The molecular formula is C10H18N4O2. The number of nitrogens with zero attached hydrogens (tertiary/aromatic N) is 2. The first-order chi connectivity index (χ1) is 7.70. The summed E-state index contributed by atoms with van der Waals surface area (Å²) in [5.41, 5.74) is 0.308. The van der Waals surface area contributed by atoms with Gasteiger partial charge < -0.3 is 10.1 Å². The highest BCUT2D eigenvalue weighted by atomic mass is 16.5. The second kappa shape index (κ2) is 6.95. The molecule has 0 aliphatic carbocycles. The Kier molecular flexibility index (Phi) is 5.49. The van der Waals surface area contributed by atoms with Crippen LogP contribution in [0.3, 0.4) is 0 Å². The molecule has 16 heavy (non-hydrogen) atoms. The van der Waals surface area contributed by atoms with Crippen molar-refractivity contribution in [2.24, 2.45) is 5.92 Å². The standard InChI is InChI=1S/C10H18N4O2/c1-8(2)7-16-5-3-4-11-10(15)9-6-12-14-13-9/h6,8H,3-5,7H2,1-2H3,(H,11,15)(H,12,13,14). The van der Waals surface area contributed by atoms with E-state index in [1.165, 1.54) is 6.20 Å². The van der Waals surface area contributed by atoms with Crippen molar-refractivity contribution in [2.45, 2.75) is 20.3 Å². The first-order valence-electron chi connectivity index (χ1n) is 5.42. The molecule has 6 heteroatoms. The number of nitrogens with one attached hydrogen (secondary N) is 2. The highest BCUT2D eigenvalue weighted by Gasteiger charge is 2.06. The maximum absolute atomic E-state index is 11.4. The lowest BCUT2D eigenvalue weighted by Crippen LogP contribution is -2.25. The average Bonchev–Trinajstić information content (AvgIpc) is 2.75. The number of aromatic amines is 1. The molecule has 2 N–H and O–H groups in total. The van der Waals surface area contributed by atoms with E-state index in [0.29, 0.717) is 24.8 Å². The topological polar surface area (TPSA) is 79.9 Å². The zero-order chi connectivity index (χ0) is 11.8. The molecule has 0 aromatic carbocycles. The number of aromatic nitrogens is 3. The summed E-state index contributed by atoms with van der Waals surface area (Å²) in [5.74, 6) is 0.335. The van der Waals surface area contributed by atoms with Gasteiger partial charge in [-0.2, -0.15) is 15.4 Å². The van der Waals surface area contributed by atoms with Gasteiger partial charge in [-0.25, -0.2) is 0 Å². The zero-order valence-corrected chi connectivity index (χ0v) is 9.69. The van der Waals surface area contributed by atoms with E-state index in [1.807, 2.05) is 0 Å². The molecular weight excluding hydrogens is 208 g/mol. The highest BCUT2D eigenvalue weighted by molar-refractivity contribution is 5.91. The van der Waals surface area contributed by atoms with Crippen LogP contribution in [-0.2, 0) is 4.74 Å². The van der Waals surface area contributed by atoms with E-state index in [-0.39, 0.29) is 5.91 Å². The number of rotatable bonds is 7. The van der Waals surface area contributed by atoms with E-state index in [0.717, 1.165) is 13.0 Å². The number of hydrogen-bond acceptors (Lipinski definition) is 4. The molecule has 6 nitrogen and oxygen atoms in total. The summed E-state index contributed by atoms with van der Waals surface area (Å²) >= 11 is 0. The molecule has 0 fully saturated rings. The molecule has 0 atom stereocenters. The van der Waals surface area contributed by atoms with E-state index in [1.54, 1.807) is 0 Å². The van der Waals surface area contributed by atoms with Crippen molar-refractivity contribution in [3.8, 4) is 0 Å². The fraction of sp³-hybridized carbons (Fsp3) is 0.700. The van der Waals surface area contributed by atoms with Gasteiger partial charge in [-0.05, 0) is 12.3 Å². The summed E-state index contributed by atoms with van der Waals surface area (Å²) in [7, 11) is 0. The Balaban J connectivity index is 2.01. The average molecular weight is 226 g/mol. The van der Waals surface area contributed by atoms with E-state index in [9.17, 15) is 4.79 Å². The van der Waals surface area contributed by atoms with Crippen LogP contribution in [0.1, 0.15) is 30.8 Å². The maximum atomic E-state index is 11.4. The van der Waals surface area contributed by atoms with E-state index in [2.05, 4.69) is 34.6 Å². The Hall–Kier alpha value is -1.43. The van der Waals surface area contributed by atoms with Crippen LogP contribution in [0.2, 0.25) is 0 Å². The van der Waals surface area contributed by atoms with Gasteiger partial charge in [-0.1, -0.05) is 13.8 Å². The minimum atomic E-state index is -0.211. The van der Waals surface area contributed by atoms with Crippen molar-refractivity contribution in [2.75, 3.05) is 19.8 Å². The summed E-state index contributed by atoms with van der Waals surface area (Å²) in [6.45, 7) is 6.22. The van der Waals surface area contributed by atoms with Gasteiger partial charge >= 0.3 is 0 Å². The maximum Gasteiger partial charge on any atom is 0.273 e. The largest absolute Gasteiger partial charge is 0.381 e. The van der Waals surface area contributed by atoms with Gasteiger partial charge in [0.15, 0.2) is 5.69 Å². The SMILES string of the molecule is CC(C)COCCCNC(=O)c1cn[nH]n1. The van der Waals surface area contributed by atoms with Gasteiger partial charge in [0.2, 0.25) is 0 Å². The number of amides is 1. The Morgan fingerprint density at radius 1 is 1.62 bits per heavy atom. The van der Waals surface area contributed by atoms with E-state index < -0.39 is 0 Å². The monoisotopic (exact) mass is 226 g/mol. The van der Waals surface area contributed by atoms with Crippen molar-refractivity contribution in [3.05, 3.63) is 11.9 Å². The Morgan fingerprint density at radius 2 is 2.44 bits per heavy atom. The molecule has 0 unspecified atom stereocenters. The third kappa shape index (κ3) is 4.88. The van der Waals surface area contributed by atoms with Crippen LogP contribution in [0.4, 0.5) is 0 Å². The van der Waals surface area contributed by atoms with Gasteiger partial charge in [0.1, 0.15) is 0 Å². The van der Waals surface area contributed by atoms with Gasteiger partial charge in [-0.15, -0.1) is 0 Å². The number of carbonyl (C=O) groups excluding carboxylic acids is 1.